The van der Waals surface area contributed by atoms with Crippen LogP contribution in [0.3, 0.4) is 0 Å². The van der Waals surface area contributed by atoms with E-state index in [1.165, 1.54) is 0 Å². The molecular weight excluding hydrogens is 329 g/mol. The van der Waals surface area contributed by atoms with Crippen LogP contribution < -0.4 is 5.32 Å². The number of rotatable bonds is 5. The van der Waals surface area contributed by atoms with Gasteiger partial charge < -0.3 is 9.73 Å². The van der Waals surface area contributed by atoms with Crippen molar-refractivity contribution in [2.45, 2.75) is 33.0 Å². The molecule has 0 aliphatic heterocycles. The van der Waals surface area contributed by atoms with Gasteiger partial charge in [0.15, 0.2) is 0 Å². The van der Waals surface area contributed by atoms with E-state index in [1.807, 2.05) is 29.2 Å². The van der Waals surface area contributed by atoms with Crippen LogP contribution in [0.25, 0.3) is 0 Å². The van der Waals surface area contributed by atoms with Crippen LogP contribution in [0.1, 0.15) is 25.4 Å². The summed E-state index contributed by atoms with van der Waals surface area (Å²) >= 11 is 2.25. The number of furan rings is 1. The lowest BCUT2D eigenvalue weighted by molar-refractivity contribution is 0.421. The van der Waals surface area contributed by atoms with E-state index in [4.69, 9.17) is 4.42 Å². The summed E-state index contributed by atoms with van der Waals surface area (Å²) < 4.78 is 8.73. The second-order valence-electron chi connectivity index (χ2n) is 4.26. The quantitative estimate of drug-likeness (QED) is 0.848. The fourth-order valence-corrected chi connectivity index (χ4v) is 1.94. The molecule has 0 saturated carbocycles. The van der Waals surface area contributed by atoms with E-state index >= 15 is 0 Å². The van der Waals surface area contributed by atoms with E-state index in [-0.39, 0.29) is 0 Å². The summed E-state index contributed by atoms with van der Waals surface area (Å²) in [5, 5.41) is 7.55. The van der Waals surface area contributed by atoms with E-state index < -0.39 is 0 Å². The molecule has 0 aliphatic carbocycles. The van der Waals surface area contributed by atoms with Gasteiger partial charge in [0, 0.05) is 12.2 Å². The fourth-order valence-electron chi connectivity index (χ4n) is 1.49. The Hall–Kier alpha value is -0.820. The summed E-state index contributed by atoms with van der Waals surface area (Å²) in [7, 11) is 0. The highest BCUT2D eigenvalue weighted by molar-refractivity contribution is 14.1. The Morgan fingerprint density at radius 1 is 1.41 bits per heavy atom. The average molecular weight is 345 g/mol. The maximum Gasteiger partial charge on any atom is 0.125 e. The number of nitrogens with zero attached hydrogens (tertiary/aromatic N) is 2. The Morgan fingerprint density at radius 2 is 2.18 bits per heavy atom. The van der Waals surface area contributed by atoms with Crippen molar-refractivity contribution in [3.05, 3.63) is 39.6 Å². The number of nitrogens with one attached hydrogen (secondary N) is 1. The first kappa shape index (κ1) is 12.6. The molecule has 0 amide bonds. The predicted molar refractivity (Wildman–Crippen MR) is 74.7 cm³/mol. The van der Waals surface area contributed by atoms with E-state index in [0.29, 0.717) is 12.6 Å². The summed E-state index contributed by atoms with van der Waals surface area (Å²) in [4.78, 5) is 0. The highest BCUT2D eigenvalue weighted by atomic mass is 127. The Kier molecular flexibility index (Phi) is 4.22. The molecule has 0 unspecified atom stereocenters. The van der Waals surface area contributed by atoms with Crippen LogP contribution in [0.4, 0.5) is 0 Å². The van der Waals surface area contributed by atoms with E-state index in [1.54, 1.807) is 0 Å². The van der Waals surface area contributed by atoms with Crippen molar-refractivity contribution in [3.8, 4) is 0 Å². The average Bonchev–Trinajstić information content (AvgIpc) is 2.86. The maximum absolute atomic E-state index is 5.72. The Balaban J connectivity index is 1.94. The minimum atomic E-state index is 0.469. The van der Waals surface area contributed by atoms with Crippen molar-refractivity contribution >= 4 is 22.6 Å². The summed E-state index contributed by atoms with van der Waals surface area (Å²) in [5.74, 6) is 1.90. The lowest BCUT2D eigenvalue weighted by atomic mass is 10.3. The van der Waals surface area contributed by atoms with Gasteiger partial charge in [0.2, 0.25) is 0 Å². The van der Waals surface area contributed by atoms with Gasteiger partial charge in [0.05, 0.1) is 22.9 Å². The van der Waals surface area contributed by atoms with Crippen LogP contribution in [-0.2, 0) is 13.1 Å². The van der Waals surface area contributed by atoms with Crippen molar-refractivity contribution in [3.63, 3.8) is 0 Å². The van der Waals surface area contributed by atoms with Crippen LogP contribution >= 0.6 is 22.6 Å². The lowest BCUT2D eigenvalue weighted by Crippen LogP contribution is -2.21. The summed E-state index contributed by atoms with van der Waals surface area (Å²) in [6.45, 7) is 5.70. The SMILES string of the molecule is CC(C)NCc1ccc(Cn2cc(I)cn2)o1. The summed E-state index contributed by atoms with van der Waals surface area (Å²) in [5.41, 5.74) is 0. The van der Waals surface area contributed by atoms with Crippen LogP contribution in [-0.4, -0.2) is 15.8 Å². The Morgan fingerprint density at radius 3 is 2.82 bits per heavy atom. The molecule has 2 aromatic rings. The molecule has 2 heterocycles. The summed E-state index contributed by atoms with van der Waals surface area (Å²) in [6, 6.07) is 4.49. The third-order valence-corrected chi connectivity index (χ3v) is 2.88. The molecule has 17 heavy (non-hydrogen) atoms. The highest BCUT2D eigenvalue weighted by Gasteiger charge is 2.04. The second-order valence-corrected chi connectivity index (χ2v) is 5.51. The van der Waals surface area contributed by atoms with Crippen molar-refractivity contribution in [2.75, 3.05) is 0 Å². The van der Waals surface area contributed by atoms with E-state index in [2.05, 4.69) is 46.9 Å². The number of hydrogen-bond acceptors (Lipinski definition) is 3. The Bertz CT molecular complexity index is 476. The van der Waals surface area contributed by atoms with Gasteiger partial charge in [-0.05, 0) is 34.7 Å². The molecule has 2 rings (SSSR count). The second kappa shape index (κ2) is 5.68. The monoisotopic (exact) mass is 345 g/mol. The normalized spacial score (nSPS) is 11.3. The molecule has 92 valence electrons. The molecule has 5 heteroatoms. The van der Waals surface area contributed by atoms with Gasteiger partial charge in [-0.25, -0.2) is 0 Å². The van der Waals surface area contributed by atoms with Gasteiger partial charge in [-0.2, -0.15) is 5.10 Å². The van der Waals surface area contributed by atoms with Gasteiger partial charge in [-0.3, -0.25) is 4.68 Å². The maximum atomic E-state index is 5.72. The number of halogens is 1. The van der Waals surface area contributed by atoms with Crippen LogP contribution in [0.15, 0.2) is 28.9 Å². The van der Waals surface area contributed by atoms with Crippen molar-refractivity contribution in [1.82, 2.24) is 15.1 Å². The zero-order valence-electron chi connectivity index (χ0n) is 9.98. The third-order valence-electron chi connectivity index (χ3n) is 2.32. The largest absolute Gasteiger partial charge is 0.463 e. The molecular formula is C12H16IN3O. The topological polar surface area (TPSA) is 43.0 Å². The van der Waals surface area contributed by atoms with Crippen LogP contribution in [0.2, 0.25) is 0 Å². The Labute approximate surface area is 115 Å². The van der Waals surface area contributed by atoms with Gasteiger partial charge >= 0.3 is 0 Å². The van der Waals surface area contributed by atoms with E-state index in [9.17, 15) is 0 Å². The van der Waals surface area contributed by atoms with Gasteiger partial charge in [-0.1, -0.05) is 13.8 Å². The van der Waals surface area contributed by atoms with Gasteiger partial charge in [0.1, 0.15) is 11.5 Å². The van der Waals surface area contributed by atoms with Crippen LogP contribution in [0, 0.1) is 3.57 Å². The van der Waals surface area contributed by atoms with Crippen molar-refractivity contribution in [2.24, 2.45) is 0 Å². The highest BCUT2D eigenvalue weighted by Crippen LogP contribution is 2.10. The standard InChI is InChI=1S/C12H16IN3O/c1-9(2)14-6-11-3-4-12(17-11)8-16-7-10(13)5-15-16/h3-5,7,9,14H,6,8H2,1-2H3. The number of hydrogen-bond donors (Lipinski definition) is 1. The molecule has 0 aliphatic rings. The molecule has 0 spiro atoms. The molecule has 0 atom stereocenters. The molecule has 0 bridgehead atoms. The van der Waals surface area contributed by atoms with Gasteiger partial charge in [-0.15, -0.1) is 0 Å². The fraction of sp³-hybridized carbons (Fsp3) is 0.417. The predicted octanol–water partition coefficient (Wildman–Crippen LogP) is 2.63. The zero-order valence-corrected chi connectivity index (χ0v) is 12.1. The molecule has 2 aromatic heterocycles. The summed E-state index contributed by atoms with van der Waals surface area (Å²) in [6.07, 6.45) is 3.83. The molecule has 0 fully saturated rings. The van der Waals surface area contributed by atoms with E-state index in [0.717, 1.165) is 21.6 Å². The van der Waals surface area contributed by atoms with Crippen molar-refractivity contribution in [1.29, 1.82) is 0 Å². The third kappa shape index (κ3) is 3.85. The first-order valence-corrected chi connectivity index (χ1v) is 6.70. The first-order chi connectivity index (χ1) is 8.13. The molecule has 0 saturated heterocycles. The molecule has 4 nitrogen and oxygen atoms in total. The van der Waals surface area contributed by atoms with Gasteiger partial charge in [0.25, 0.3) is 0 Å². The number of aromatic nitrogens is 2. The minimum absolute atomic E-state index is 0.469. The van der Waals surface area contributed by atoms with Crippen molar-refractivity contribution < 1.29 is 4.42 Å². The first-order valence-electron chi connectivity index (χ1n) is 5.62. The lowest BCUT2D eigenvalue weighted by Gasteiger charge is -2.05. The smallest absolute Gasteiger partial charge is 0.125 e. The van der Waals surface area contributed by atoms with Crippen LogP contribution in [0.5, 0.6) is 0 Å². The zero-order chi connectivity index (χ0) is 12.3. The minimum Gasteiger partial charge on any atom is -0.463 e. The molecule has 0 aromatic carbocycles. The molecule has 0 radical (unpaired) electrons. The molecule has 1 N–H and O–H groups in total.